The summed E-state index contributed by atoms with van der Waals surface area (Å²) >= 11 is 0. The molecule has 2 heterocycles. The maximum atomic E-state index is 8.93. The lowest BCUT2D eigenvalue weighted by molar-refractivity contribution is 0.311. The topological polar surface area (TPSA) is 71.2 Å². The van der Waals surface area contributed by atoms with Gasteiger partial charge >= 0.3 is 0 Å². The highest BCUT2D eigenvalue weighted by molar-refractivity contribution is 5.90. The molecule has 0 bridgehead atoms. The van der Waals surface area contributed by atoms with Gasteiger partial charge in [-0.25, -0.2) is 9.97 Å². The SMILES string of the molecule is OCCNc1nc(-c2ccco2)nc2ccccc12. The molecular formula is C14H13N3O2. The van der Waals surface area contributed by atoms with Gasteiger partial charge in [-0.15, -0.1) is 0 Å². The third-order valence-electron chi connectivity index (χ3n) is 2.75. The standard InChI is InChI=1S/C14H13N3O2/c18-8-7-15-13-10-4-1-2-5-11(10)16-14(17-13)12-6-3-9-19-12/h1-6,9,18H,7-8H2,(H,15,16,17). The molecule has 5 nitrogen and oxygen atoms in total. The Morgan fingerprint density at radius 2 is 2.00 bits per heavy atom. The van der Waals surface area contributed by atoms with Gasteiger partial charge in [0.15, 0.2) is 11.6 Å². The van der Waals surface area contributed by atoms with Gasteiger partial charge in [-0.05, 0) is 24.3 Å². The monoisotopic (exact) mass is 255 g/mol. The van der Waals surface area contributed by atoms with E-state index >= 15 is 0 Å². The summed E-state index contributed by atoms with van der Waals surface area (Å²) in [7, 11) is 0. The van der Waals surface area contributed by atoms with Crippen LogP contribution in [0.1, 0.15) is 0 Å². The third-order valence-corrected chi connectivity index (χ3v) is 2.75. The summed E-state index contributed by atoms with van der Waals surface area (Å²) in [5.41, 5.74) is 0.837. The molecule has 2 aromatic heterocycles. The predicted octanol–water partition coefficient (Wildman–Crippen LogP) is 2.29. The summed E-state index contributed by atoms with van der Waals surface area (Å²) in [6, 6.07) is 11.3. The molecule has 0 fully saturated rings. The van der Waals surface area contributed by atoms with Gasteiger partial charge < -0.3 is 14.8 Å². The van der Waals surface area contributed by atoms with E-state index < -0.39 is 0 Å². The van der Waals surface area contributed by atoms with Gasteiger partial charge in [-0.1, -0.05) is 12.1 Å². The summed E-state index contributed by atoms with van der Waals surface area (Å²) in [6.45, 7) is 0.493. The quantitative estimate of drug-likeness (QED) is 0.748. The van der Waals surface area contributed by atoms with E-state index in [2.05, 4.69) is 15.3 Å². The van der Waals surface area contributed by atoms with E-state index in [1.807, 2.05) is 30.3 Å². The van der Waals surface area contributed by atoms with E-state index in [0.717, 1.165) is 10.9 Å². The van der Waals surface area contributed by atoms with Gasteiger partial charge in [0, 0.05) is 11.9 Å². The predicted molar refractivity (Wildman–Crippen MR) is 72.8 cm³/mol. The minimum Gasteiger partial charge on any atom is -0.461 e. The Kier molecular flexibility index (Phi) is 3.12. The van der Waals surface area contributed by atoms with Crippen molar-refractivity contribution in [2.75, 3.05) is 18.5 Å². The molecule has 0 radical (unpaired) electrons. The number of nitrogens with one attached hydrogen (secondary N) is 1. The minimum atomic E-state index is 0.0500. The van der Waals surface area contributed by atoms with E-state index in [1.165, 1.54) is 0 Å². The number of furan rings is 1. The van der Waals surface area contributed by atoms with Crippen LogP contribution in [0.25, 0.3) is 22.5 Å². The first-order valence-corrected chi connectivity index (χ1v) is 6.04. The fourth-order valence-corrected chi connectivity index (χ4v) is 1.90. The van der Waals surface area contributed by atoms with Gasteiger partial charge in [0.05, 0.1) is 18.4 Å². The van der Waals surface area contributed by atoms with E-state index in [1.54, 1.807) is 12.3 Å². The Bertz CT molecular complexity index is 680. The number of hydrogen-bond donors (Lipinski definition) is 2. The number of nitrogens with zero attached hydrogens (tertiary/aromatic N) is 2. The molecular weight excluding hydrogens is 242 g/mol. The van der Waals surface area contributed by atoms with Crippen molar-refractivity contribution < 1.29 is 9.52 Å². The first-order valence-electron chi connectivity index (χ1n) is 6.04. The van der Waals surface area contributed by atoms with Crippen LogP contribution in [-0.4, -0.2) is 28.2 Å². The average Bonchev–Trinajstić information content (AvgIpc) is 2.98. The van der Waals surface area contributed by atoms with E-state index in [-0.39, 0.29) is 6.61 Å². The molecule has 0 saturated heterocycles. The molecule has 5 heteroatoms. The van der Waals surface area contributed by atoms with Crippen molar-refractivity contribution in [3.63, 3.8) is 0 Å². The third kappa shape index (κ3) is 2.28. The summed E-state index contributed by atoms with van der Waals surface area (Å²) in [5.74, 6) is 1.85. The van der Waals surface area contributed by atoms with E-state index in [4.69, 9.17) is 9.52 Å². The molecule has 0 atom stereocenters. The molecule has 0 saturated carbocycles. The van der Waals surface area contributed by atoms with Crippen molar-refractivity contribution >= 4 is 16.7 Å². The van der Waals surface area contributed by atoms with Crippen LogP contribution in [0.3, 0.4) is 0 Å². The lowest BCUT2D eigenvalue weighted by Gasteiger charge is -2.08. The van der Waals surface area contributed by atoms with Crippen LogP contribution in [0.15, 0.2) is 47.1 Å². The second-order valence-corrected chi connectivity index (χ2v) is 4.04. The summed E-state index contributed by atoms with van der Waals surface area (Å²) in [6.07, 6.45) is 1.59. The Hall–Kier alpha value is -2.40. The highest BCUT2D eigenvalue weighted by Crippen LogP contribution is 2.24. The number of aromatic nitrogens is 2. The molecule has 0 aliphatic rings. The van der Waals surface area contributed by atoms with Crippen LogP contribution in [0, 0.1) is 0 Å². The molecule has 3 aromatic rings. The zero-order chi connectivity index (χ0) is 13.1. The molecule has 0 spiro atoms. The molecule has 2 N–H and O–H groups in total. The Balaban J connectivity index is 2.15. The van der Waals surface area contributed by atoms with Gasteiger partial charge in [0.25, 0.3) is 0 Å². The van der Waals surface area contributed by atoms with Crippen LogP contribution >= 0.6 is 0 Å². The van der Waals surface area contributed by atoms with Gasteiger partial charge in [0.1, 0.15) is 5.82 Å². The van der Waals surface area contributed by atoms with Crippen LogP contribution in [-0.2, 0) is 0 Å². The molecule has 3 rings (SSSR count). The van der Waals surface area contributed by atoms with Gasteiger partial charge in [-0.3, -0.25) is 0 Å². The lowest BCUT2D eigenvalue weighted by Crippen LogP contribution is -2.08. The van der Waals surface area contributed by atoms with Crippen molar-refractivity contribution in [3.8, 4) is 11.6 Å². The molecule has 0 unspecified atom stereocenters. The number of anilines is 1. The highest BCUT2D eigenvalue weighted by atomic mass is 16.3. The number of aliphatic hydroxyl groups is 1. The molecule has 0 aliphatic heterocycles. The fraction of sp³-hybridized carbons (Fsp3) is 0.143. The average molecular weight is 255 g/mol. The van der Waals surface area contributed by atoms with Gasteiger partial charge in [-0.2, -0.15) is 0 Å². The summed E-state index contributed by atoms with van der Waals surface area (Å²) in [5, 5.41) is 12.9. The van der Waals surface area contributed by atoms with E-state index in [9.17, 15) is 0 Å². The number of hydrogen-bond acceptors (Lipinski definition) is 5. The van der Waals surface area contributed by atoms with Crippen molar-refractivity contribution in [1.29, 1.82) is 0 Å². The second kappa shape index (κ2) is 5.07. The van der Waals surface area contributed by atoms with Crippen molar-refractivity contribution in [1.82, 2.24) is 9.97 Å². The zero-order valence-electron chi connectivity index (χ0n) is 10.2. The fourth-order valence-electron chi connectivity index (χ4n) is 1.90. The van der Waals surface area contributed by atoms with Crippen molar-refractivity contribution in [2.45, 2.75) is 0 Å². The highest BCUT2D eigenvalue weighted by Gasteiger charge is 2.10. The van der Waals surface area contributed by atoms with Crippen molar-refractivity contribution in [3.05, 3.63) is 42.7 Å². The Labute approximate surface area is 109 Å². The van der Waals surface area contributed by atoms with Crippen LogP contribution < -0.4 is 5.32 Å². The molecule has 96 valence electrons. The van der Waals surface area contributed by atoms with Crippen LogP contribution in [0.2, 0.25) is 0 Å². The van der Waals surface area contributed by atoms with Crippen molar-refractivity contribution in [2.24, 2.45) is 0 Å². The minimum absolute atomic E-state index is 0.0500. The molecule has 19 heavy (non-hydrogen) atoms. The number of para-hydroxylation sites is 1. The first-order chi connectivity index (χ1) is 9.38. The first kappa shape index (κ1) is 11.7. The van der Waals surface area contributed by atoms with Gasteiger partial charge in [0.2, 0.25) is 0 Å². The molecule has 0 aliphatic carbocycles. The number of aliphatic hydroxyl groups excluding tert-OH is 1. The maximum absolute atomic E-state index is 8.93. The molecule has 0 amide bonds. The Morgan fingerprint density at radius 1 is 1.11 bits per heavy atom. The van der Waals surface area contributed by atoms with E-state index in [0.29, 0.717) is 23.9 Å². The maximum Gasteiger partial charge on any atom is 0.198 e. The second-order valence-electron chi connectivity index (χ2n) is 4.04. The molecule has 1 aromatic carbocycles. The zero-order valence-corrected chi connectivity index (χ0v) is 10.2. The number of rotatable bonds is 4. The largest absolute Gasteiger partial charge is 0.461 e. The summed E-state index contributed by atoms with van der Waals surface area (Å²) in [4.78, 5) is 8.93. The normalized spacial score (nSPS) is 10.8. The summed E-state index contributed by atoms with van der Waals surface area (Å²) < 4.78 is 5.33. The van der Waals surface area contributed by atoms with Crippen LogP contribution in [0.5, 0.6) is 0 Å². The Morgan fingerprint density at radius 3 is 2.79 bits per heavy atom. The lowest BCUT2D eigenvalue weighted by atomic mass is 10.2. The number of fused-ring (bicyclic) bond motifs is 1. The number of benzene rings is 1. The smallest absolute Gasteiger partial charge is 0.198 e. The van der Waals surface area contributed by atoms with Crippen LogP contribution in [0.4, 0.5) is 5.82 Å².